The molecule has 0 radical (unpaired) electrons. The fourth-order valence-electron chi connectivity index (χ4n) is 5.52. The van der Waals surface area contributed by atoms with E-state index in [9.17, 15) is 27.1 Å². The molecule has 0 aliphatic carbocycles. The van der Waals surface area contributed by atoms with Gasteiger partial charge in [0, 0.05) is 24.2 Å². The predicted octanol–water partition coefficient (Wildman–Crippen LogP) is 6.49. The first-order valence-electron chi connectivity index (χ1n) is 15.4. The van der Waals surface area contributed by atoms with E-state index in [-0.39, 0.29) is 30.1 Å². The molecule has 0 aliphatic heterocycles. The van der Waals surface area contributed by atoms with Gasteiger partial charge >= 0.3 is 5.97 Å². The minimum atomic E-state index is -4.05. The van der Waals surface area contributed by atoms with Crippen molar-refractivity contribution < 1.29 is 31.8 Å². The topological polar surface area (TPSA) is 137 Å². The molecule has 0 fully saturated rings. The number of methoxy groups -OCH3 is 1. The quantitative estimate of drug-likeness (QED) is 0.0888. The Bertz CT molecular complexity index is 2000. The largest absolute Gasteiger partial charge is 0.497 e. The van der Waals surface area contributed by atoms with Gasteiger partial charge in [0.1, 0.15) is 5.75 Å². The third-order valence-corrected chi connectivity index (χ3v) is 10.4. The average molecular weight is 688 g/mol. The van der Waals surface area contributed by atoms with Crippen LogP contribution in [0.3, 0.4) is 0 Å². The zero-order valence-electron chi connectivity index (χ0n) is 26.4. The van der Waals surface area contributed by atoms with Crippen LogP contribution in [0.25, 0.3) is 10.9 Å². The van der Waals surface area contributed by atoms with Crippen LogP contribution in [-0.2, 0) is 39.9 Å². The third kappa shape index (κ3) is 8.77. The van der Waals surface area contributed by atoms with Gasteiger partial charge < -0.3 is 9.84 Å². The number of ether oxygens (including phenoxy) is 1. The number of benzene rings is 4. The van der Waals surface area contributed by atoms with Crippen LogP contribution < -0.4 is 13.3 Å². The molecule has 48 heavy (non-hydrogen) atoms. The molecule has 0 saturated carbocycles. The second kappa shape index (κ2) is 15.9. The minimum Gasteiger partial charge on any atom is -0.497 e. The Labute approximate surface area is 283 Å². The number of aromatic carboxylic acids is 1. The summed E-state index contributed by atoms with van der Waals surface area (Å²) in [4.78, 5) is 16.9. The molecule has 2 N–H and O–H groups in total. The van der Waals surface area contributed by atoms with Gasteiger partial charge in [-0.05, 0) is 85.3 Å². The summed E-state index contributed by atoms with van der Waals surface area (Å²) in [6, 6.07) is 32.1. The Balaban J connectivity index is 1.31. The number of hydrogen-bond acceptors (Lipinski definition) is 6. The van der Waals surface area contributed by atoms with E-state index in [4.69, 9.17) is 9.72 Å². The third-order valence-electron chi connectivity index (χ3n) is 7.93. The number of pyridine rings is 1. The molecule has 0 saturated heterocycles. The van der Waals surface area contributed by atoms with Gasteiger partial charge in [-0.3, -0.25) is 18.1 Å². The Morgan fingerprint density at radius 1 is 0.833 bits per heavy atom. The van der Waals surface area contributed by atoms with Crippen molar-refractivity contribution >= 4 is 49.5 Å². The lowest BCUT2D eigenvalue weighted by atomic mass is 10.0. The summed E-state index contributed by atoms with van der Waals surface area (Å²) in [6.07, 6.45) is 2.01. The normalized spacial score (nSPS) is 12.0. The van der Waals surface area contributed by atoms with Crippen molar-refractivity contribution in [1.29, 1.82) is 0 Å². The highest BCUT2D eigenvalue weighted by Crippen LogP contribution is 2.27. The van der Waals surface area contributed by atoms with Crippen LogP contribution >= 0.6 is 0 Å². The maximum Gasteiger partial charge on any atom is 0.337 e. The number of aryl methyl sites for hydroxylation is 2. The van der Waals surface area contributed by atoms with E-state index >= 15 is 0 Å². The number of sulfonamides is 1. The molecular weight excluding hydrogens is 651 g/mol. The molecule has 5 rings (SSSR count). The van der Waals surface area contributed by atoms with E-state index in [2.05, 4.69) is 0 Å². The van der Waals surface area contributed by atoms with Crippen molar-refractivity contribution in [2.75, 3.05) is 28.8 Å². The van der Waals surface area contributed by atoms with Crippen LogP contribution in [0.5, 0.6) is 5.75 Å². The lowest BCUT2D eigenvalue weighted by molar-refractivity contribution is 0.0697. The van der Waals surface area contributed by atoms with Gasteiger partial charge in [0.25, 0.3) is 11.3 Å². The van der Waals surface area contributed by atoms with Gasteiger partial charge in [-0.15, -0.1) is 0 Å². The first kappa shape index (κ1) is 34.6. The molecule has 0 bridgehead atoms. The Kier molecular flexibility index (Phi) is 11.4. The van der Waals surface area contributed by atoms with E-state index < -0.39 is 27.3 Å². The van der Waals surface area contributed by atoms with Crippen molar-refractivity contribution in [2.45, 2.75) is 31.4 Å². The van der Waals surface area contributed by atoms with Gasteiger partial charge in [0.2, 0.25) is 10.0 Å². The molecular formula is C36H37N3O7S2. The van der Waals surface area contributed by atoms with Crippen LogP contribution in [0.4, 0.5) is 11.4 Å². The fourth-order valence-corrected chi connectivity index (χ4v) is 7.73. The van der Waals surface area contributed by atoms with Crippen molar-refractivity contribution in [1.82, 2.24) is 4.98 Å². The first-order chi connectivity index (χ1) is 23.1. The predicted molar refractivity (Wildman–Crippen MR) is 189 cm³/mol. The summed E-state index contributed by atoms with van der Waals surface area (Å²) in [5.41, 5.74) is 3.86. The summed E-state index contributed by atoms with van der Waals surface area (Å²) in [7, 11) is -2.52. The summed E-state index contributed by atoms with van der Waals surface area (Å²) in [6.45, 7) is 0.145. The van der Waals surface area contributed by atoms with E-state index in [1.54, 1.807) is 42.5 Å². The molecule has 12 heteroatoms. The van der Waals surface area contributed by atoms with Crippen LogP contribution in [-0.4, -0.2) is 53.4 Å². The van der Waals surface area contributed by atoms with Gasteiger partial charge in [-0.25, -0.2) is 17.4 Å². The number of para-hydroxylation sites is 2. The van der Waals surface area contributed by atoms with Gasteiger partial charge in [0.15, 0.2) is 0 Å². The van der Waals surface area contributed by atoms with Crippen molar-refractivity contribution in [3.05, 3.63) is 132 Å². The highest BCUT2D eigenvalue weighted by atomic mass is 32.2. The Morgan fingerprint density at radius 3 is 2.29 bits per heavy atom. The lowest BCUT2D eigenvalue weighted by Crippen LogP contribution is -2.35. The van der Waals surface area contributed by atoms with E-state index in [1.165, 1.54) is 23.5 Å². The van der Waals surface area contributed by atoms with Gasteiger partial charge in [0.05, 0.1) is 35.3 Å². The van der Waals surface area contributed by atoms with Crippen LogP contribution in [0.15, 0.2) is 109 Å². The number of hydrogen-bond donors (Lipinski definition) is 2. The number of carboxylic acid groups (broad SMARTS) is 1. The second-order valence-electron chi connectivity index (χ2n) is 11.2. The number of nitrogens with zero attached hydrogens (tertiary/aromatic N) is 3. The number of unbranched alkanes of at least 4 members (excludes halogenated alkanes) is 1. The van der Waals surface area contributed by atoms with Crippen LogP contribution in [0, 0.1) is 0 Å². The van der Waals surface area contributed by atoms with Gasteiger partial charge in [-0.2, -0.15) is 0 Å². The molecule has 0 spiro atoms. The highest BCUT2D eigenvalue weighted by molar-refractivity contribution is 7.92. The van der Waals surface area contributed by atoms with Crippen molar-refractivity contribution in [3.63, 3.8) is 0 Å². The van der Waals surface area contributed by atoms with Gasteiger partial charge in [-0.1, -0.05) is 60.7 Å². The summed E-state index contributed by atoms with van der Waals surface area (Å²) in [5.74, 6) is -0.967. The molecule has 1 heterocycles. The zero-order valence-corrected chi connectivity index (χ0v) is 28.1. The zero-order chi connectivity index (χ0) is 34.1. The maximum absolute atomic E-state index is 14.0. The number of carbonyl (C=O) groups is 1. The van der Waals surface area contributed by atoms with E-state index in [1.807, 2.05) is 54.6 Å². The number of rotatable bonds is 16. The molecule has 0 aliphatic rings. The average Bonchev–Trinajstić information content (AvgIpc) is 3.08. The molecule has 250 valence electrons. The van der Waals surface area contributed by atoms with Crippen molar-refractivity contribution in [3.8, 4) is 5.75 Å². The molecule has 5 aromatic rings. The molecule has 1 aromatic heterocycles. The van der Waals surface area contributed by atoms with Crippen LogP contribution in [0.2, 0.25) is 0 Å². The molecule has 4 aromatic carbocycles. The number of carboxylic acids is 1. The minimum absolute atomic E-state index is 0.0194. The maximum atomic E-state index is 14.0. The first-order valence-corrected chi connectivity index (χ1v) is 18.1. The lowest BCUT2D eigenvalue weighted by Gasteiger charge is -2.27. The van der Waals surface area contributed by atoms with E-state index in [0.29, 0.717) is 42.7 Å². The second-order valence-corrected chi connectivity index (χ2v) is 14.0. The smallest absolute Gasteiger partial charge is 0.337 e. The summed E-state index contributed by atoms with van der Waals surface area (Å²) >= 11 is -2.31. The standard InChI is InChI=1S/C36H37N3O7S2/c1-46-32-21-19-31(20-22-32)38(47(42)43)23-6-7-24-39(35-14-5-3-12-33(35)36(40)41)48(44,45)26-28-10-8-9-27(25-28)15-17-30-18-16-29-11-2-4-13-34(29)37-30/h2-5,8-14,16,18-22,25H,6-7,15,17,23-24,26H2,1H3,(H,40,41)(H,42,43). The summed E-state index contributed by atoms with van der Waals surface area (Å²) < 4.78 is 57.7. The monoisotopic (exact) mass is 687 g/mol. The van der Waals surface area contributed by atoms with E-state index in [0.717, 1.165) is 26.5 Å². The molecule has 1 atom stereocenters. The van der Waals surface area contributed by atoms with Crippen LogP contribution in [0.1, 0.15) is 40.0 Å². The van der Waals surface area contributed by atoms with Crippen molar-refractivity contribution in [2.24, 2.45) is 0 Å². The molecule has 0 amide bonds. The Morgan fingerprint density at radius 2 is 1.54 bits per heavy atom. The molecule has 1 unspecified atom stereocenters. The highest BCUT2D eigenvalue weighted by Gasteiger charge is 2.27. The molecule has 10 nitrogen and oxygen atoms in total. The SMILES string of the molecule is COc1ccc(N(CCCCN(c2ccccc2C(=O)O)S(=O)(=O)Cc2cccc(CCc3ccc4ccccc4n3)c2)S(=O)O)cc1. The Hall–Kier alpha value is -4.78. The fraction of sp³-hybridized carbons (Fsp3) is 0.222. The summed E-state index contributed by atoms with van der Waals surface area (Å²) in [5, 5.41) is 11.0. The number of anilines is 2. The number of aromatic nitrogens is 1. The number of fused-ring (bicyclic) bond motifs is 1.